The molecule has 0 aliphatic carbocycles. The Morgan fingerprint density at radius 2 is 1.88 bits per heavy atom. The number of piperidine rings is 1. The summed E-state index contributed by atoms with van der Waals surface area (Å²) < 4.78 is 42.8. The van der Waals surface area contributed by atoms with Gasteiger partial charge in [-0.2, -0.15) is 5.10 Å². The molecule has 0 radical (unpaired) electrons. The van der Waals surface area contributed by atoms with E-state index in [9.17, 15) is 18.0 Å². The molecular weight excluding hydrogens is 457 g/mol. The van der Waals surface area contributed by atoms with Crippen LogP contribution in [-0.2, 0) is 0 Å². The first-order valence-corrected chi connectivity index (χ1v) is 10.8. The highest BCUT2D eigenvalue weighted by Crippen LogP contribution is 2.33. The van der Waals surface area contributed by atoms with E-state index >= 15 is 0 Å². The fourth-order valence-corrected chi connectivity index (χ4v) is 4.15. The van der Waals surface area contributed by atoms with Crippen LogP contribution < -0.4 is 15.4 Å². The predicted molar refractivity (Wildman–Crippen MR) is 119 cm³/mol. The Bertz CT molecular complexity index is 1140. The molecule has 1 fully saturated rings. The minimum atomic E-state index is -4.78. The van der Waals surface area contributed by atoms with Gasteiger partial charge in [-0.3, -0.25) is 4.79 Å². The lowest BCUT2D eigenvalue weighted by atomic mass is 9.91. The van der Waals surface area contributed by atoms with Crippen LogP contribution in [0.2, 0.25) is 5.02 Å². The zero-order chi connectivity index (χ0) is 23.6. The lowest BCUT2D eigenvalue weighted by Gasteiger charge is -2.25. The fraction of sp³-hybridized carbons (Fsp3) is 0.304. The number of nitrogens with one attached hydrogen (secondary N) is 2. The number of nitrogens with zero attached hydrogens (tertiary/aromatic N) is 2. The maximum atomic E-state index is 13.2. The number of carbonyl (C=O) groups is 1. The maximum absolute atomic E-state index is 13.2. The Morgan fingerprint density at radius 1 is 1.18 bits per heavy atom. The molecule has 174 valence electrons. The van der Waals surface area contributed by atoms with Crippen LogP contribution in [0.25, 0.3) is 5.69 Å². The highest BCUT2D eigenvalue weighted by atomic mass is 35.5. The number of alkyl halides is 3. The van der Waals surface area contributed by atoms with Gasteiger partial charge < -0.3 is 15.4 Å². The van der Waals surface area contributed by atoms with Gasteiger partial charge in [-0.15, -0.1) is 13.2 Å². The van der Waals surface area contributed by atoms with Crippen molar-refractivity contribution >= 4 is 23.2 Å². The van der Waals surface area contributed by atoms with E-state index in [1.54, 1.807) is 10.7 Å². The Morgan fingerprint density at radius 3 is 2.55 bits per heavy atom. The van der Waals surface area contributed by atoms with Gasteiger partial charge in [0.15, 0.2) is 0 Å². The standard InChI is InChI=1S/C23H22ClF3N4O2/c1-14-19(24)3-2-4-20(14)31-21(15-9-11-28-12-10-15)18(13-29-31)22(32)30-16-5-7-17(8-6-16)33-23(25,26)27/h2-8,13,15,28H,9-12H2,1H3,(H,30,32). The van der Waals surface area contributed by atoms with Crippen molar-refractivity contribution in [1.29, 1.82) is 0 Å². The number of anilines is 1. The molecule has 10 heteroatoms. The summed E-state index contributed by atoms with van der Waals surface area (Å²) >= 11 is 6.32. The Labute approximate surface area is 193 Å². The van der Waals surface area contributed by atoms with Gasteiger partial charge in [0, 0.05) is 16.6 Å². The van der Waals surface area contributed by atoms with Crippen molar-refractivity contribution in [3.63, 3.8) is 0 Å². The Hall–Kier alpha value is -3.04. The van der Waals surface area contributed by atoms with Crippen molar-refractivity contribution in [1.82, 2.24) is 15.1 Å². The second-order valence-electron chi connectivity index (χ2n) is 7.79. The summed E-state index contributed by atoms with van der Waals surface area (Å²) in [7, 11) is 0. The van der Waals surface area contributed by atoms with Crippen molar-refractivity contribution in [3.05, 3.63) is 70.5 Å². The summed E-state index contributed by atoms with van der Waals surface area (Å²) in [4.78, 5) is 13.2. The van der Waals surface area contributed by atoms with Crippen LogP contribution in [0.15, 0.2) is 48.7 Å². The average molecular weight is 479 g/mol. The molecule has 2 N–H and O–H groups in total. The van der Waals surface area contributed by atoms with Gasteiger partial charge in [0.1, 0.15) is 5.75 Å². The molecule has 2 heterocycles. The van der Waals surface area contributed by atoms with Gasteiger partial charge in [0.05, 0.1) is 23.1 Å². The molecule has 1 saturated heterocycles. The fourth-order valence-electron chi connectivity index (χ4n) is 3.98. The number of carbonyl (C=O) groups excluding carboxylic acids is 1. The van der Waals surface area contributed by atoms with Crippen molar-refractivity contribution in [2.45, 2.75) is 32.0 Å². The highest BCUT2D eigenvalue weighted by molar-refractivity contribution is 6.31. The molecule has 3 aromatic rings. The molecule has 4 rings (SSSR count). The van der Waals surface area contributed by atoms with Crippen molar-refractivity contribution < 1.29 is 22.7 Å². The number of rotatable bonds is 5. The molecule has 1 aliphatic rings. The van der Waals surface area contributed by atoms with E-state index in [4.69, 9.17) is 11.6 Å². The average Bonchev–Trinajstić information content (AvgIpc) is 3.22. The van der Waals surface area contributed by atoms with E-state index in [1.807, 2.05) is 19.1 Å². The van der Waals surface area contributed by atoms with Crippen LogP contribution in [0.5, 0.6) is 5.75 Å². The molecular formula is C23H22ClF3N4O2. The number of benzene rings is 2. The summed E-state index contributed by atoms with van der Waals surface area (Å²) in [5.74, 6) is -0.644. The molecule has 0 saturated carbocycles. The van der Waals surface area contributed by atoms with Gasteiger partial charge in [0.25, 0.3) is 5.91 Å². The van der Waals surface area contributed by atoms with Gasteiger partial charge in [-0.05, 0) is 74.8 Å². The summed E-state index contributed by atoms with van der Waals surface area (Å²) in [6, 6.07) is 10.5. The largest absolute Gasteiger partial charge is 0.573 e. The predicted octanol–water partition coefficient (Wildman–Crippen LogP) is 5.45. The molecule has 0 bridgehead atoms. The van der Waals surface area contributed by atoms with E-state index in [2.05, 4.69) is 20.5 Å². The summed E-state index contributed by atoms with van der Waals surface area (Å²) in [6.45, 7) is 3.55. The first-order chi connectivity index (χ1) is 15.7. The number of hydrogen-bond acceptors (Lipinski definition) is 4. The van der Waals surface area contributed by atoms with Crippen molar-refractivity contribution in [2.24, 2.45) is 0 Å². The zero-order valence-electron chi connectivity index (χ0n) is 17.7. The lowest BCUT2D eigenvalue weighted by molar-refractivity contribution is -0.274. The molecule has 6 nitrogen and oxygen atoms in total. The monoisotopic (exact) mass is 478 g/mol. The Balaban J connectivity index is 1.65. The van der Waals surface area contributed by atoms with Crippen LogP contribution in [-0.4, -0.2) is 35.1 Å². The third kappa shape index (κ3) is 5.31. The smallest absolute Gasteiger partial charge is 0.406 e. The SMILES string of the molecule is Cc1c(Cl)cccc1-n1ncc(C(=O)Nc2ccc(OC(F)(F)F)cc2)c1C1CCNCC1. The van der Waals surface area contributed by atoms with Crippen LogP contribution in [0.3, 0.4) is 0 Å². The summed E-state index contributed by atoms with van der Waals surface area (Å²) in [5, 5.41) is 11.2. The van der Waals surface area contributed by atoms with Crippen LogP contribution in [0, 0.1) is 6.92 Å². The third-order valence-electron chi connectivity index (χ3n) is 5.59. The molecule has 2 aromatic carbocycles. The van der Waals surface area contributed by atoms with E-state index < -0.39 is 6.36 Å². The van der Waals surface area contributed by atoms with Gasteiger partial charge in [-0.25, -0.2) is 4.68 Å². The Kier molecular flexibility index (Phi) is 6.62. The zero-order valence-corrected chi connectivity index (χ0v) is 18.5. The van der Waals surface area contributed by atoms with Crippen molar-refractivity contribution in [3.8, 4) is 11.4 Å². The van der Waals surface area contributed by atoms with Crippen LogP contribution in [0.1, 0.15) is 40.4 Å². The van der Waals surface area contributed by atoms with Crippen molar-refractivity contribution in [2.75, 3.05) is 18.4 Å². The van der Waals surface area contributed by atoms with E-state index in [0.29, 0.717) is 16.3 Å². The quantitative estimate of drug-likeness (QED) is 0.511. The maximum Gasteiger partial charge on any atom is 0.573 e. The number of halogens is 4. The normalized spacial score (nSPS) is 14.8. The minimum absolute atomic E-state index is 0.107. The first kappa shape index (κ1) is 23.1. The van der Waals surface area contributed by atoms with E-state index in [1.165, 1.54) is 18.3 Å². The third-order valence-corrected chi connectivity index (χ3v) is 6.00. The second-order valence-corrected chi connectivity index (χ2v) is 8.20. The van der Waals surface area contributed by atoms with E-state index in [0.717, 1.165) is 55.0 Å². The number of hydrogen-bond donors (Lipinski definition) is 2. The second kappa shape index (κ2) is 9.44. The molecule has 0 atom stereocenters. The number of aromatic nitrogens is 2. The van der Waals surface area contributed by atoms with E-state index in [-0.39, 0.29) is 17.6 Å². The first-order valence-electron chi connectivity index (χ1n) is 10.4. The summed E-state index contributed by atoms with van der Waals surface area (Å²) in [6.07, 6.45) is -1.57. The molecule has 1 amide bonds. The van der Waals surface area contributed by atoms with Crippen LogP contribution in [0.4, 0.5) is 18.9 Å². The highest BCUT2D eigenvalue weighted by Gasteiger charge is 2.31. The minimum Gasteiger partial charge on any atom is -0.406 e. The number of amides is 1. The van der Waals surface area contributed by atoms with Crippen LogP contribution >= 0.6 is 11.6 Å². The van der Waals surface area contributed by atoms with Gasteiger partial charge >= 0.3 is 6.36 Å². The van der Waals surface area contributed by atoms with Gasteiger partial charge in [-0.1, -0.05) is 17.7 Å². The molecule has 33 heavy (non-hydrogen) atoms. The topological polar surface area (TPSA) is 68.2 Å². The van der Waals surface area contributed by atoms with Gasteiger partial charge in [0.2, 0.25) is 0 Å². The molecule has 0 spiro atoms. The number of ether oxygens (including phenoxy) is 1. The molecule has 1 aromatic heterocycles. The molecule has 1 aliphatic heterocycles. The lowest BCUT2D eigenvalue weighted by Crippen LogP contribution is -2.29. The summed E-state index contributed by atoms with van der Waals surface area (Å²) in [5.41, 5.74) is 3.19. The molecule has 0 unspecified atom stereocenters.